The van der Waals surface area contributed by atoms with Gasteiger partial charge in [0, 0.05) is 36.2 Å². The van der Waals surface area contributed by atoms with Gasteiger partial charge in [-0.15, -0.1) is 0 Å². The van der Waals surface area contributed by atoms with Crippen molar-refractivity contribution >= 4 is 29.0 Å². The molecule has 1 aliphatic carbocycles. The molecular weight excluding hydrogens is 406 g/mol. The standard InChI is InChI=1S/C23H31N7O2/c1-13(2)14-10-15(12-16(11-14)32-3)27-21-19(20(25)31)22-26-8-9-30(22)23(29-21)28-18-7-5-4-6-17(18)24/h8-13,17-18,27H,4-7,24H2,1-3H3,(H2,25,31)(H,28,29)/t17-,18+/m1/s1. The summed E-state index contributed by atoms with van der Waals surface area (Å²) in [5, 5.41) is 6.75. The fourth-order valence-corrected chi connectivity index (χ4v) is 4.19. The van der Waals surface area contributed by atoms with E-state index in [1.807, 2.05) is 18.2 Å². The smallest absolute Gasteiger partial charge is 0.256 e. The monoisotopic (exact) mass is 437 g/mol. The van der Waals surface area contributed by atoms with Gasteiger partial charge in [0.15, 0.2) is 11.5 Å². The van der Waals surface area contributed by atoms with E-state index in [-0.39, 0.29) is 17.6 Å². The van der Waals surface area contributed by atoms with Crippen LogP contribution in [-0.4, -0.2) is 39.5 Å². The summed E-state index contributed by atoms with van der Waals surface area (Å²) < 4.78 is 7.21. The summed E-state index contributed by atoms with van der Waals surface area (Å²) in [6.45, 7) is 4.22. The van der Waals surface area contributed by atoms with Gasteiger partial charge in [0.25, 0.3) is 5.91 Å². The molecule has 0 aliphatic heterocycles. The van der Waals surface area contributed by atoms with Gasteiger partial charge in [-0.1, -0.05) is 26.7 Å². The highest BCUT2D eigenvalue weighted by Crippen LogP contribution is 2.31. The van der Waals surface area contributed by atoms with Crippen molar-refractivity contribution in [2.75, 3.05) is 17.7 Å². The van der Waals surface area contributed by atoms with E-state index in [4.69, 9.17) is 21.2 Å². The third-order valence-corrected chi connectivity index (χ3v) is 6.02. The van der Waals surface area contributed by atoms with E-state index in [9.17, 15) is 4.79 Å². The molecule has 4 rings (SSSR count). The quantitative estimate of drug-likeness (QED) is 0.445. The molecule has 0 radical (unpaired) electrons. The Hall–Kier alpha value is -3.33. The number of hydrogen-bond acceptors (Lipinski definition) is 7. The lowest BCUT2D eigenvalue weighted by Crippen LogP contribution is -2.43. The molecule has 0 spiro atoms. The lowest BCUT2D eigenvalue weighted by molar-refractivity contribution is 0.100. The highest BCUT2D eigenvalue weighted by molar-refractivity contribution is 6.04. The van der Waals surface area contributed by atoms with Crippen LogP contribution in [0.15, 0.2) is 30.6 Å². The van der Waals surface area contributed by atoms with E-state index >= 15 is 0 Å². The number of benzene rings is 1. The lowest BCUT2D eigenvalue weighted by Gasteiger charge is -2.30. The van der Waals surface area contributed by atoms with E-state index in [1.54, 1.807) is 23.9 Å². The number of amides is 1. The Morgan fingerprint density at radius 3 is 2.72 bits per heavy atom. The zero-order chi connectivity index (χ0) is 22.8. The molecule has 1 aliphatic rings. The number of methoxy groups -OCH3 is 1. The minimum absolute atomic E-state index is 0.0448. The van der Waals surface area contributed by atoms with Gasteiger partial charge in [-0.05, 0) is 36.5 Å². The van der Waals surface area contributed by atoms with Gasteiger partial charge in [-0.2, -0.15) is 4.98 Å². The van der Waals surface area contributed by atoms with Crippen molar-refractivity contribution in [3.63, 3.8) is 0 Å². The molecule has 1 aromatic carbocycles. The van der Waals surface area contributed by atoms with E-state index in [1.165, 1.54) is 0 Å². The first-order valence-corrected chi connectivity index (χ1v) is 11.0. The van der Waals surface area contributed by atoms with Crippen LogP contribution in [0.3, 0.4) is 0 Å². The fraction of sp³-hybridized carbons (Fsp3) is 0.435. The maximum Gasteiger partial charge on any atom is 0.256 e. The highest BCUT2D eigenvalue weighted by atomic mass is 16.5. The number of nitrogens with zero attached hydrogens (tertiary/aromatic N) is 3. The summed E-state index contributed by atoms with van der Waals surface area (Å²) >= 11 is 0. The van der Waals surface area contributed by atoms with Crippen LogP contribution < -0.4 is 26.8 Å². The number of primary amides is 1. The second kappa shape index (κ2) is 9.04. The molecule has 0 saturated heterocycles. The highest BCUT2D eigenvalue weighted by Gasteiger charge is 2.25. The maximum absolute atomic E-state index is 12.4. The van der Waals surface area contributed by atoms with Crippen LogP contribution in [0.5, 0.6) is 5.75 Å². The SMILES string of the molecule is COc1cc(Nc2nc(N[C@H]3CCCC[C@H]3N)n3ccnc3c2C(N)=O)cc(C(C)C)c1. The summed E-state index contributed by atoms with van der Waals surface area (Å²) in [6.07, 6.45) is 7.57. The minimum Gasteiger partial charge on any atom is -0.497 e. The molecule has 1 fully saturated rings. The molecule has 0 bridgehead atoms. The molecule has 1 saturated carbocycles. The Balaban J connectivity index is 1.79. The van der Waals surface area contributed by atoms with Crippen molar-refractivity contribution in [2.45, 2.75) is 57.5 Å². The summed E-state index contributed by atoms with van der Waals surface area (Å²) in [5.41, 5.74) is 14.6. The number of nitrogens with two attached hydrogens (primary N) is 2. The van der Waals surface area contributed by atoms with Crippen molar-refractivity contribution in [3.05, 3.63) is 41.7 Å². The van der Waals surface area contributed by atoms with Crippen LogP contribution in [0, 0.1) is 0 Å². The van der Waals surface area contributed by atoms with E-state index in [0.29, 0.717) is 29.1 Å². The third-order valence-electron chi connectivity index (χ3n) is 6.02. The number of carbonyl (C=O) groups excluding carboxylic acids is 1. The molecule has 1 amide bonds. The number of ether oxygens (including phenoxy) is 1. The summed E-state index contributed by atoms with van der Waals surface area (Å²) in [4.78, 5) is 21.5. The van der Waals surface area contributed by atoms with Crippen LogP contribution in [0.1, 0.15) is 61.4 Å². The minimum atomic E-state index is -0.607. The molecule has 2 aromatic heterocycles. The molecule has 170 valence electrons. The molecule has 9 nitrogen and oxygen atoms in total. The van der Waals surface area contributed by atoms with Crippen molar-refractivity contribution < 1.29 is 9.53 Å². The third kappa shape index (κ3) is 4.34. The Labute approximate surface area is 187 Å². The first-order valence-electron chi connectivity index (χ1n) is 11.0. The van der Waals surface area contributed by atoms with E-state index in [2.05, 4.69) is 29.5 Å². The second-order valence-electron chi connectivity index (χ2n) is 8.62. The predicted octanol–water partition coefficient (Wildman–Crippen LogP) is 3.39. The van der Waals surface area contributed by atoms with Gasteiger partial charge in [0.05, 0.1) is 7.11 Å². The number of nitrogens with one attached hydrogen (secondary N) is 2. The number of carbonyl (C=O) groups is 1. The lowest BCUT2D eigenvalue weighted by atomic mass is 9.91. The first kappa shape index (κ1) is 21.9. The van der Waals surface area contributed by atoms with Gasteiger partial charge in [0.2, 0.25) is 5.95 Å². The molecule has 6 N–H and O–H groups in total. The molecule has 2 atom stereocenters. The maximum atomic E-state index is 12.4. The molecule has 3 aromatic rings. The average molecular weight is 438 g/mol. The Morgan fingerprint density at radius 2 is 2.03 bits per heavy atom. The fourth-order valence-electron chi connectivity index (χ4n) is 4.19. The number of rotatable bonds is 7. The average Bonchev–Trinajstić information content (AvgIpc) is 3.24. The van der Waals surface area contributed by atoms with Crippen LogP contribution in [0.4, 0.5) is 17.5 Å². The van der Waals surface area contributed by atoms with E-state index < -0.39 is 5.91 Å². The van der Waals surface area contributed by atoms with Gasteiger partial charge >= 0.3 is 0 Å². The van der Waals surface area contributed by atoms with Crippen molar-refractivity contribution in [1.82, 2.24) is 14.4 Å². The molecule has 2 heterocycles. The Morgan fingerprint density at radius 1 is 1.25 bits per heavy atom. The molecule has 0 unspecified atom stereocenters. The number of imidazole rings is 1. The van der Waals surface area contributed by atoms with Crippen molar-refractivity contribution in [2.24, 2.45) is 11.5 Å². The van der Waals surface area contributed by atoms with Gasteiger partial charge in [0.1, 0.15) is 11.3 Å². The topological polar surface area (TPSA) is 133 Å². The summed E-state index contributed by atoms with van der Waals surface area (Å²) in [7, 11) is 1.63. The number of hydrogen-bond donors (Lipinski definition) is 4. The van der Waals surface area contributed by atoms with Crippen LogP contribution >= 0.6 is 0 Å². The Bertz CT molecular complexity index is 1120. The largest absolute Gasteiger partial charge is 0.497 e. The summed E-state index contributed by atoms with van der Waals surface area (Å²) in [5.74, 6) is 1.32. The van der Waals surface area contributed by atoms with Crippen LogP contribution in [0.2, 0.25) is 0 Å². The zero-order valence-corrected chi connectivity index (χ0v) is 18.8. The van der Waals surface area contributed by atoms with Gasteiger partial charge in [-0.25, -0.2) is 4.98 Å². The summed E-state index contributed by atoms with van der Waals surface area (Å²) in [6, 6.07) is 6.01. The normalized spacial score (nSPS) is 18.7. The predicted molar refractivity (Wildman–Crippen MR) is 126 cm³/mol. The number of anilines is 3. The molecule has 9 heteroatoms. The second-order valence-corrected chi connectivity index (χ2v) is 8.62. The van der Waals surface area contributed by atoms with Crippen LogP contribution in [0.25, 0.3) is 5.65 Å². The molecular formula is C23H31N7O2. The van der Waals surface area contributed by atoms with Crippen molar-refractivity contribution in [3.8, 4) is 5.75 Å². The first-order chi connectivity index (χ1) is 15.4. The van der Waals surface area contributed by atoms with Crippen molar-refractivity contribution in [1.29, 1.82) is 0 Å². The zero-order valence-electron chi connectivity index (χ0n) is 18.8. The molecule has 32 heavy (non-hydrogen) atoms. The number of fused-ring (bicyclic) bond motifs is 1. The van der Waals surface area contributed by atoms with Crippen LogP contribution in [-0.2, 0) is 0 Å². The van der Waals surface area contributed by atoms with Gasteiger partial charge in [-0.3, -0.25) is 9.20 Å². The van der Waals surface area contributed by atoms with E-state index in [0.717, 1.165) is 36.9 Å². The van der Waals surface area contributed by atoms with Gasteiger partial charge < -0.3 is 26.8 Å². The Kier molecular flexibility index (Phi) is 6.18. The number of aromatic nitrogens is 3.